The maximum Gasteiger partial charge on any atom is 0.197 e. The Morgan fingerprint density at radius 3 is 2.76 bits per heavy atom. The molecule has 6 heteroatoms. The molecule has 0 saturated heterocycles. The Hall–Kier alpha value is -1.69. The van der Waals surface area contributed by atoms with Gasteiger partial charge in [0, 0.05) is 18.8 Å². The lowest BCUT2D eigenvalue weighted by atomic mass is 10.2. The Labute approximate surface area is 103 Å². The molecule has 0 radical (unpaired) electrons. The van der Waals surface area contributed by atoms with E-state index in [4.69, 9.17) is 0 Å². The average molecular weight is 248 g/mol. The number of pyridine rings is 1. The minimum absolute atomic E-state index is 0.000472. The van der Waals surface area contributed by atoms with Crippen LogP contribution in [0.4, 0.5) is 0 Å². The maximum absolute atomic E-state index is 11.5. The van der Waals surface area contributed by atoms with Crippen LogP contribution in [-0.4, -0.2) is 25.5 Å². The van der Waals surface area contributed by atoms with Crippen LogP contribution in [0.3, 0.4) is 0 Å². The summed E-state index contributed by atoms with van der Waals surface area (Å²) in [5, 5.41) is 9.39. The molecule has 0 saturated carbocycles. The largest absolute Gasteiger partial charge is 0.309 e. The normalized spacial score (nSPS) is 10.5. The molecule has 0 amide bonds. The van der Waals surface area contributed by atoms with E-state index >= 15 is 0 Å². The topological polar surface area (TPSA) is 60.7 Å². The molecule has 2 rings (SSSR count). The van der Waals surface area contributed by atoms with Gasteiger partial charge in [-0.2, -0.15) is 0 Å². The lowest BCUT2D eigenvalue weighted by Gasteiger charge is -2.04. The number of aromatic nitrogens is 4. The van der Waals surface area contributed by atoms with Gasteiger partial charge in [0.2, 0.25) is 0 Å². The molecule has 0 aromatic carbocycles. The molecule has 2 aromatic heterocycles. The maximum atomic E-state index is 11.5. The molecular formula is C11H12N4OS. The SMILES string of the molecule is CC(=O)c1cccnc1Sc1nnc(C)n1C. The number of aryl methyl sites for hydroxylation is 1. The van der Waals surface area contributed by atoms with Crippen LogP contribution in [-0.2, 0) is 7.05 Å². The minimum Gasteiger partial charge on any atom is -0.309 e. The Bertz CT molecular complexity index is 564. The van der Waals surface area contributed by atoms with E-state index in [1.807, 2.05) is 18.5 Å². The third-order valence-corrected chi connectivity index (χ3v) is 3.45. The van der Waals surface area contributed by atoms with Crippen molar-refractivity contribution in [2.24, 2.45) is 7.05 Å². The molecule has 88 valence electrons. The van der Waals surface area contributed by atoms with Crippen LogP contribution in [0.25, 0.3) is 0 Å². The van der Waals surface area contributed by atoms with E-state index in [0.717, 1.165) is 11.0 Å². The van der Waals surface area contributed by atoms with E-state index in [1.165, 1.54) is 18.7 Å². The third-order valence-electron chi connectivity index (χ3n) is 2.39. The number of carbonyl (C=O) groups is 1. The lowest BCUT2D eigenvalue weighted by molar-refractivity contribution is 0.101. The van der Waals surface area contributed by atoms with Gasteiger partial charge in [-0.1, -0.05) is 0 Å². The zero-order valence-electron chi connectivity index (χ0n) is 9.84. The first-order chi connectivity index (χ1) is 8.09. The molecule has 2 aromatic rings. The molecule has 0 aliphatic heterocycles. The van der Waals surface area contributed by atoms with Crippen molar-refractivity contribution < 1.29 is 4.79 Å². The number of rotatable bonds is 3. The highest BCUT2D eigenvalue weighted by molar-refractivity contribution is 7.99. The molecule has 0 N–H and O–H groups in total. The fourth-order valence-electron chi connectivity index (χ4n) is 1.30. The summed E-state index contributed by atoms with van der Waals surface area (Å²) in [6.45, 7) is 3.41. The van der Waals surface area contributed by atoms with Crippen LogP contribution >= 0.6 is 11.8 Å². The van der Waals surface area contributed by atoms with Gasteiger partial charge in [0.25, 0.3) is 0 Å². The van der Waals surface area contributed by atoms with Gasteiger partial charge in [-0.05, 0) is 37.7 Å². The van der Waals surface area contributed by atoms with Crippen molar-refractivity contribution in [3.63, 3.8) is 0 Å². The van der Waals surface area contributed by atoms with Crippen LogP contribution in [0, 0.1) is 6.92 Å². The highest BCUT2D eigenvalue weighted by Crippen LogP contribution is 2.27. The molecule has 17 heavy (non-hydrogen) atoms. The van der Waals surface area contributed by atoms with E-state index in [0.29, 0.717) is 10.6 Å². The first-order valence-electron chi connectivity index (χ1n) is 5.09. The molecule has 0 atom stereocenters. The highest BCUT2D eigenvalue weighted by Gasteiger charge is 2.13. The van der Waals surface area contributed by atoms with Gasteiger partial charge in [0.1, 0.15) is 10.9 Å². The molecule has 0 fully saturated rings. The van der Waals surface area contributed by atoms with Crippen molar-refractivity contribution in [1.29, 1.82) is 0 Å². The summed E-state index contributed by atoms with van der Waals surface area (Å²) in [7, 11) is 1.88. The summed E-state index contributed by atoms with van der Waals surface area (Å²) in [6.07, 6.45) is 1.66. The van der Waals surface area contributed by atoms with Gasteiger partial charge < -0.3 is 4.57 Å². The molecule has 5 nitrogen and oxygen atoms in total. The van der Waals surface area contributed by atoms with Gasteiger partial charge in [-0.3, -0.25) is 4.79 Å². The van der Waals surface area contributed by atoms with Gasteiger partial charge in [0.05, 0.1) is 0 Å². The number of nitrogens with zero attached hydrogens (tertiary/aromatic N) is 4. The first-order valence-corrected chi connectivity index (χ1v) is 5.91. The zero-order valence-corrected chi connectivity index (χ0v) is 10.7. The lowest BCUT2D eigenvalue weighted by Crippen LogP contribution is -1.99. The van der Waals surface area contributed by atoms with Crippen molar-refractivity contribution in [3.05, 3.63) is 29.7 Å². The Kier molecular flexibility index (Phi) is 3.23. The average Bonchev–Trinajstić information content (AvgIpc) is 2.61. The number of ketones is 1. The van der Waals surface area contributed by atoms with Crippen LogP contribution in [0.2, 0.25) is 0 Å². The molecule has 0 spiro atoms. The fraction of sp³-hybridized carbons (Fsp3) is 0.273. The predicted molar refractivity (Wildman–Crippen MR) is 64.1 cm³/mol. The first kappa shape index (κ1) is 11.8. The van der Waals surface area contributed by atoms with Crippen molar-refractivity contribution in [1.82, 2.24) is 19.7 Å². The summed E-state index contributed by atoms with van der Waals surface area (Å²) >= 11 is 1.35. The number of Topliss-reactive ketones (excluding diaryl/α,β-unsaturated/α-hetero) is 1. The fourth-order valence-corrected chi connectivity index (χ4v) is 2.26. The quantitative estimate of drug-likeness (QED) is 0.776. The van der Waals surface area contributed by atoms with Gasteiger partial charge in [-0.15, -0.1) is 10.2 Å². The third kappa shape index (κ3) is 2.36. The predicted octanol–water partition coefficient (Wildman–Crippen LogP) is 1.87. The van der Waals surface area contributed by atoms with Gasteiger partial charge >= 0.3 is 0 Å². The second-order valence-corrected chi connectivity index (χ2v) is 4.56. The van der Waals surface area contributed by atoms with Crippen molar-refractivity contribution in [2.45, 2.75) is 24.0 Å². The number of hydrogen-bond donors (Lipinski definition) is 0. The van der Waals surface area contributed by atoms with E-state index in [-0.39, 0.29) is 5.78 Å². The molecule has 2 heterocycles. The van der Waals surface area contributed by atoms with E-state index < -0.39 is 0 Å². The highest BCUT2D eigenvalue weighted by atomic mass is 32.2. The Balaban J connectivity index is 2.36. The zero-order chi connectivity index (χ0) is 12.4. The van der Waals surface area contributed by atoms with E-state index in [2.05, 4.69) is 15.2 Å². The van der Waals surface area contributed by atoms with Crippen molar-refractivity contribution >= 4 is 17.5 Å². The van der Waals surface area contributed by atoms with Crippen LogP contribution in [0.15, 0.2) is 28.5 Å². The van der Waals surface area contributed by atoms with Crippen LogP contribution < -0.4 is 0 Å². The summed E-state index contributed by atoms with van der Waals surface area (Å²) < 4.78 is 1.86. The molecule has 0 aliphatic rings. The summed E-state index contributed by atoms with van der Waals surface area (Å²) in [4.78, 5) is 15.7. The van der Waals surface area contributed by atoms with E-state index in [9.17, 15) is 4.79 Å². The van der Waals surface area contributed by atoms with Crippen LogP contribution in [0.1, 0.15) is 23.1 Å². The Morgan fingerprint density at radius 2 is 2.18 bits per heavy atom. The number of carbonyl (C=O) groups excluding carboxylic acids is 1. The molecular weight excluding hydrogens is 236 g/mol. The molecule has 0 bridgehead atoms. The van der Waals surface area contributed by atoms with Crippen molar-refractivity contribution in [2.75, 3.05) is 0 Å². The molecule has 0 unspecified atom stereocenters. The van der Waals surface area contributed by atoms with Crippen LogP contribution in [0.5, 0.6) is 0 Å². The Morgan fingerprint density at radius 1 is 1.41 bits per heavy atom. The monoisotopic (exact) mass is 248 g/mol. The van der Waals surface area contributed by atoms with E-state index in [1.54, 1.807) is 18.3 Å². The van der Waals surface area contributed by atoms with Gasteiger partial charge in [0.15, 0.2) is 10.9 Å². The second-order valence-electron chi connectivity index (χ2n) is 3.60. The van der Waals surface area contributed by atoms with Crippen molar-refractivity contribution in [3.8, 4) is 0 Å². The smallest absolute Gasteiger partial charge is 0.197 e. The number of hydrogen-bond acceptors (Lipinski definition) is 5. The van der Waals surface area contributed by atoms with Gasteiger partial charge in [-0.25, -0.2) is 4.98 Å². The standard InChI is InChI=1S/C11H12N4OS/c1-7(16)9-5-4-6-12-10(9)17-11-14-13-8(2)15(11)3/h4-6H,1-3H3. The second kappa shape index (κ2) is 4.67. The molecule has 0 aliphatic carbocycles. The minimum atomic E-state index is -0.000472. The summed E-state index contributed by atoms with van der Waals surface area (Å²) in [6, 6.07) is 3.52. The summed E-state index contributed by atoms with van der Waals surface area (Å²) in [5.74, 6) is 0.826. The summed E-state index contributed by atoms with van der Waals surface area (Å²) in [5.41, 5.74) is 0.609.